The summed E-state index contributed by atoms with van der Waals surface area (Å²) in [6.07, 6.45) is 0. The van der Waals surface area contributed by atoms with Crippen molar-refractivity contribution < 1.29 is 36.6 Å². The van der Waals surface area contributed by atoms with Crippen molar-refractivity contribution in [2.24, 2.45) is 11.5 Å². The Kier molecular flexibility index (Phi) is 15.8. The molecule has 0 amide bonds. The summed E-state index contributed by atoms with van der Waals surface area (Å²) in [5, 5.41) is 0. The van der Waals surface area contributed by atoms with E-state index in [1.54, 1.807) is 41.5 Å². The van der Waals surface area contributed by atoms with Crippen LogP contribution < -0.4 is 11.5 Å². The van der Waals surface area contributed by atoms with Crippen molar-refractivity contribution in [1.29, 1.82) is 0 Å². The molecule has 0 aromatic carbocycles. The largest absolute Gasteiger partial charge is 0.461 e. The van der Waals surface area contributed by atoms with E-state index in [1.165, 1.54) is 0 Å². The average Bonchev–Trinajstić information content (AvgIpc) is 2.44. The Morgan fingerprint density at radius 1 is 0.800 bits per heavy atom. The molecule has 148 valence electrons. The highest BCUT2D eigenvalue weighted by atomic mass is 32.3. The first-order valence-corrected chi connectivity index (χ1v) is 8.48. The first-order chi connectivity index (χ1) is 11.2. The molecule has 0 bridgehead atoms. The second kappa shape index (κ2) is 14.3. The van der Waals surface area contributed by atoms with Crippen LogP contribution in [0.5, 0.6) is 0 Å². The molecule has 0 fully saturated rings. The third-order valence-corrected chi connectivity index (χ3v) is 2.07. The van der Waals surface area contributed by atoms with Gasteiger partial charge in [0.1, 0.15) is 11.4 Å². The molecule has 0 unspecified atom stereocenters. The summed E-state index contributed by atoms with van der Waals surface area (Å²) < 4.78 is 40.9. The van der Waals surface area contributed by atoms with Gasteiger partial charge in [-0.2, -0.15) is 8.42 Å². The number of carbonyl (C=O) groups is 2. The zero-order chi connectivity index (χ0) is 20.8. The molecule has 0 aromatic heterocycles. The molecule has 0 spiro atoms. The minimum Gasteiger partial charge on any atom is -0.461 e. The molecule has 0 radical (unpaired) electrons. The van der Waals surface area contributed by atoms with Crippen molar-refractivity contribution in [1.82, 2.24) is 0 Å². The van der Waals surface area contributed by atoms with Crippen LogP contribution in [0.4, 0.5) is 0 Å². The van der Waals surface area contributed by atoms with Gasteiger partial charge >= 0.3 is 22.3 Å². The Labute approximate surface area is 148 Å². The van der Waals surface area contributed by atoms with Crippen LogP contribution in [0.15, 0.2) is 22.5 Å². The Morgan fingerprint density at radius 2 is 1.00 bits per heavy atom. The fraction of sp³-hybridized carbons (Fsp3) is 0.571. The van der Waals surface area contributed by atoms with Gasteiger partial charge in [-0.1, -0.05) is 0 Å². The van der Waals surface area contributed by atoms with Gasteiger partial charge in [0.05, 0.1) is 13.2 Å². The van der Waals surface area contributed by atoms with E-state index in [-0.39, 0.29) is 11.4 Å². The van der Waals surface area contributed by atoms with Gasteiger partial charge in [0.15, 0.2) is 0 Å². The number of ether oxygens (including phenoxy) is 2. The fourth-order valence-corrected chi connectivity index (χ4v) is 0.826. The standard InChI is InChI=1S/2C7H13NO2.H2O4S/c2*1-4-10-7(9)6(8)5(2)3;1-5(2,3)4/h2*4,8H2,1-3H3;(H2,1,2,3,4). The molecule has 0 atom stereocenters. The van der Waals surface area contributed by atoms with Gasteiger partial charge in [-0.05, 0) is 52.7 Å². The van der Waals surface area contributed by atoms with Crippen LogP contribution in [0.2, 0.25) is 0 Å². The summed E-state index contributed by atoms with van der Waals surface area (Å²) in [6, 6.07) is 0. The molecule has 10 nitrogen and oxygen atoms in total. The lowest BCUT2D eigenvalue weighted by molar-refractivity contribution is -0.139. The highest BCUT2D eigenvalue weighted by Gasteiger charge is 2.06. The lowest BCUT2D eigenvalue weighted by Crippen LogP contribution is -2.15. The van der Waals surface area contributed by atoms with Crippen molar-refractivity contribution in [3.05, 3.63) is 22.5 Å². The highest BCUT2D eigenvalue weighted by Crippen LogP contribution is 1.98. The van der Waals surface area contributed by atoms with Crippen molar-refractivity contribution in [3.63, 3.8) is 0 Å². The summed E-state index contributed by atoms with van der Waals surface area (Å²) in [5.41, 5.74) is 12.7. The maximum atomic E-state index is 10.8. The van der Waals surface area contributed by atoms with Gasteiger partial charge in [0, 0.05) is 0 Å². The van der Waals surface area contributed by atoms with Crippen LogP contribution >= 0.6 is 0 Å². The van der Waals surface area contributed by atoms with Crippen LogP contribution in [0.25, 0.3) is 0 Å². The number of hydrogen-bond donors (Lipinski definition) is 4. The average molecular weight is 384 g/mol. The van der Waals surface area contributed by atoms with Gasteiger partial charge in [-0.25, -0.2) is 9.59 Å². The lowest BCUT2D eigenvalue weighted by Gasteiger charge is -2.01. The third-order valence-electron chi connectivity index (χ3n) is 2.07. The summed E-state index contributed by atoms with van der Waals surface area (Å²) in [6.45, 7) is 11.3. The Bertz CT molecular complexity index is 540. The van der Waals surface area contributed by atoms with E-state index >= 15 is 0 Å². The fourth-order valence-electron chi connectivity index (χ4n) is 0.826. The van der Waals surface area contributed by atoms with Crippen molar-refractivity contribution in [2.75, 3.05) is 13.2 Å². The van der Waals surface area contributed by atoms with E-state index in [0.717, 1.165) is 11.1 Å². The van der Waals surface area contributed by atoms with E-state index in [4.69, 9.17) is 29.0 Å². The summed E-state index contributed by atoms with van der Waals surface area (Å²) >= 11 is 0. The summed E-state index contributed by atoms with van der Waals surface area (Å²) in [5.74, 6) is -0.856. The van der Waals surface area contributed by atoms with Gasteiger partial charge in [0.25, 0.3) is 0 Å². The third kappa shape index (κ3) is 21.9. The van der Waals surface area contributed by atoms with E-state index in [0.29, 0.717) is 13.2 Å². The van der Waals surface area contributed by atoms with Gasteiger partial charge in [0.2, 0.25) is 0 Å². The van der Waals surface area contributed by atoms with E-state index in [2.05, 4.69) is 9.47 Å². The smallest absolute Gasteiger partial charge is 0.394 e. The minimum atomic E-state index is -4.67. The molecule has 6 N–H and O–H groups in total. The predicted octanol–water partition coefficient (Wildman–Crippen LogP) is 0.951. The number of carbonyl (C=O) groups excluding carboxylic acids is 2. The normalized spacial score (nSPS) is 9.28. The molecular formula is C14H28N2O8S. The number of allylic oxidation sites excluding steroid dienone is 2. The predicted molar refractivity (Wildman–Crippen MR) is 92.6 cm³/mol. The number of esters is 2. The number of nitrogens with two attached hydrogens (primary N) is 2. The molecule has 11 heteroatoms. The van der Waals surface area contributed by atoms with Crippen LogP contribution in [0, 0.1) is 0 Å². The molecule has 0 aliphatic carbocycles. The molecule has 0 heterocycles. The zero-order valence-corrected chi connectivity index (χ0v) is 16.1. The molecule has 0 aromatic rings. The van der Waals surface area contributed by atoms with Crippen molar-refractivity contribution in [2.45, 2.75) is 41.5 Å². The van der Waals surface area contributed by atoms with Gasteiger partial charge in [-0.15, -0.1) is 0 Å². The van der Waals surface area contributed by atoms with E-state index in [9.17, 15) is 9.59 Å². The maximum Gasteiger partial charge on any atom is 0.394 e. The Balaban J connectivity index is -0.000000308. The van der Waals surface area contributed by atoms with Crippen molar-refractivity contribution >= 4 is 22.3 Å². The first-order valence-electron chi connectivity index (χ1n) is 7.08. The summed E-state index contributed by atoms with van der Waals surface area (Å²) in [4.78, 5) is 21.6. The Hall–Kier alpha value is -2.11. The molecule has 25 heavy (non-hydrogen) atoms. The number of rotatable bonds is 4. The quantitative estimate of drug-likeness (QED) is 0.309. The van der Waals surface area contributed by atoms with Crippen LogP contribution in [-0.2, 0) is 29.5 Å². The van der Waals surface area contributed by atoms with E-state index in [1.807, 2.05) is 0 Å². The van der Waals surface area contributed by atoms with E-state index < -0.39 is 22.3 Å². The van der Waals surface area contributed by atoms with Crippen molar-refractivity contribution in [3.8, 4) is 0 Å². The van der Waals surface area contributed by atoms with Crippen LogP contribution in [-0.4, -0.2) is 42.7 Å². The zero-order valence-electron chi connectivity index (χ0n) is 15.3. The molecule has 0 saturated heterocycles. The Morgan fingerprint density at radius 3 is 1.12 bits per heavy atom. The minimum absolute atomic E-state index is 0.210. The van der Waals surface area contributed by atoms with Gasteiger partial charge in [-0.3, -0.25) is 9.11 Å². The van der Waals surface area contributed by atoms with Gasteiger partial charge < -0.3 is 20.9 Å². The number of hydrogen-bond acceptors (Lipinski definition) is 8. The first kappa shape index (κ1) is 27.7. The lowest BCUT2D eigenvalue weighted by atomic mass is 10.3. The van der Waals surface area contributed by atoms with Crippen LogP contribution in [0.1, 0.15) is 41.5 Å². The molecule has 0 saturated carbocycles. The topological polar surface area (TPSA) is 179 Å². The molecule has 0 rings (SSSR count). The second-order valence-electron chi connectivity index (χ2n) is 4.72. The second-order valence-corrected chi connectivity index (χ2v) is 5.61. The highest BCUT2D eigenvalue weighted by molar-refractivity contribution is 7.79. The summed E-state index contributed by atoms with van der Waals surface area (Å²) in [7, 11) is -4.67. The maximum absolute atomic E-state index is 10.8. The SMILES string of the molecule is CCOC(=O)C(N)=C(C)C.CCOC(=O)C(N)=C(C)C.O=S(=O)(O)O. The molecular weight excluding hydrogens is 356 g/mol. The molecule has 0 aliphatic rings. The monoisotopic (exact) mass is 384 g/mol. The molecule has 0 aliphatic heterocycles. The van der Waals surface area contributed by atoms with Crippen LogP contribution in [0.3, 0.4) is 0 Å².